The molecule has 1 fully saturated rings. The van der Waals surface area contributed by atoms with Crippen LogP contribution < -0.4 is 9.64 Å². The number of thiazole rings is 1. The third kappa shape index (κ3) is 2.53. The molecule has 1 aliphatic heterocycles. The quantitative estimate of drug-likeness (QED) is 0.870. The van der Waals surface area contributed by atoms with Crippen LogP contribution in [0.15, 0.2) is 40.2 Å². The van der Waals surface area contributed by atoms with Crippen molar-refractivity contribution in [1.82, 2.24) is 4.98 Å². The first-order chi connectivity index (χ1) is 9.79. The van der Waals surface area contributed by atoms with Crippen LogP contribution in [0.1, 0.15) is 6.42 Å². The summed E-state index contributed by atoms with van der Waals surface area (Å²) in [6, 6.07) is 7.63. The Morgan fingerprint density at radius 2 is 2.30 bits per heavy atom. The molecule has 0 spiro atoms. The summed E-state index contributed by atoms with van der Waals surface area (Å²) in [5.41, 5.74) is 0.849. The highest BCUT2D eigenvalue weighted by atomic mass is 32.2. The molecule has 1 atom stereocenters. The van der Waals surface area contributed by atoms with Crippen molar-refractivity contribution in [3.63, 3.8) is 0 Å². The maximum Gasteiger partial charge on any atom is 0.240 e. The predicted molar refractivity (Wildman–Crippen MR) is 81.7 cm³/mol. The zero-order valence-electron chi connectivity index (χ0n) is 11.0. The summed E-state index contributed by atoms with van der Waals surface area (Å²) in [7, 11) is 1.63. The molecule has 6 heteroatoms. The molecule has 104 valence electrons. The molecule has 0 radical (unpaired) electrons. The number of aromatic nitrogens is 1. The fraction of sp³-hybridized carbons (Fsp3) is 0.286. The molecule has 0 bridgehead atoms. The standard InChI is InChI=1S/C14H14N2O2S2/c1-18-11-5-3-2-4-10(11)16-8-6-12(13(16)17)20-14-15-7-9-19-14/h2-5,7,9,12H,6,8H2,1H3/t12-/m1/s1. The highest BCUT2D eigenvalue weighted by molar-refractivity contribution is 8.02. The number of carbonyl (C=O) groups excluding carboxylic acids is 1. The number of nitrogens with zero attached hydrogens (tertiary/aromatic N) is 2. The molecular weight excluding hydrogens is 292 g/mol. The molecule has 20 heavy (non-hydrogen) atoms. The number of rotatable bonds is 4. The second-order valence-electron chi connectivity index (χ2n) is 4.35. The van der Waals surface area contributed by atoms with Crippen LogP contribution in [0.5, 0.6) is 5.75 Å². The average Bonchev–Trinajstić information content (AvgIpc) is 3.11. The van der Waals surface area contributed by atoms with E-state index in [9.17, 15) is 4.79 Å². The average molecular weight is 306 g/mol. The highest BCUT2D eigenvalue weighted by Crippen LogP contribution is 2.37. The monoisotopic (exact) mass is 306 g/mol. The van der Waals surface area contributed by atoms with Crippen LogP contribution in [-0.4, -0.2) is 29.8 Å². The van der Waals surface area contributed by atoms with Crippen LogP contribution in [0.2, 0.25) is 0 Å². The van der Waals surface area contributed by atoms with E-state index in [1.807, 2.05) is 34.5 Å². The molecule has 2 aromatic rings. The van der Waals surface area contributed by atoms with Crippen molar-refractivity contribution in [1.29, 1.82) is 0 Å². The Kier molecular flexibility index (Phi) is 3.93. The van der Waals surface area contributed by atoms with Crippen molar-refractivity contribution < 1.29 is 9.53 Å². The number of para-hydroxylation sites is 2. The first-order valence-electron chi connectivity index (χ1n) is 6.30. The molecule has 0 aliphatic carbocycles. The van der Waals surface area contributed by atoms with Gasteiger partial charge in [-0.25, -0.2) is 4.98 Å². The van der Waals surface area contributed by atoms with E-state index in [4.69, 9.17) is 4.74 Å². The van der Waals surface area contributed by atoms with E-state index in [2.05, 4.69) is 4.98 Å². The molecule has 0 N–H and O–H groups in total. The third-order valence-electron chi connectivity index (χ3n) is 3.19. The first-order valence-corrected chi connectivity index (χ1v) is 8.06. The SMILES string of the molecule is COc1ccccc1N1CC[C@@H](Sc2nccs2)C1=O. The third-order valence-corrected chi connectivity index (χ3v) is 5.36. The Hall–Kier alpha value is -1.53. The van der Waals surface area contributed by atoms with Crippen LogP contribution >= 0.6 is 23.1 Å². The van der Waals surface area contributed by atoms with Gasteiger partial charge in [0.05, 0.1) is 18.0 Å². The van der Waals surface area contributed by atoms with Gasteiger partial charge in [-0.15, -0.1) is 11.3 Å². The van der Waals surface area contributed by atoms with Crippen molar-refractivity contribution in [2.75, 3.05) is 18.6 Å². The number of carbonyl (C=O) groups is 1. The summed E-state index contributed by atoms with van der Waals surface area (Å²) in [6.45, 7) is 0.724. The van der Waals surface area contributed by atoms with Crippen molar-refractivity contribution in [2.45, 2.75) is 16.0 Å². The van der Waals surface area contributed by atoms with Gasteiger partial charge in [-0.2, -0.15) is 0 Å². The lowest BCUT2D eigenvalue weighted by Crippen LogP contribution is -2.28. The van der Waals surface area contributed by atoms with Crippen molar-refractivity contribution in [2.24, 2.45) is 0 Å². The van der Waals surface area contributed by atoms with Crippen molar-refractivity contribution in [3.05, 3.63) is 35.8 Å². The Morgan fingerprint density at radius 3 is 3.05 bits per heavy atom. The van der Waals surface area contributed by atoms with E-state index in [-0.39, 0.29) is 11.2 Å². The van der Waals surface area contributed by atoms with Gasteiger partial charge in [0.2, 0.25) is 5.91 Å². The minimum atomic E-state index is -0.0499. The summed E-state index contributed by atoms with van der Waals surface area (Å²) in [5.74, 6) is 0.871. The summed E-state index contributed by atoms with van der Waals surface area (Å²) in [6.07, 6.45) is 2.60. The number of benzene rings is 1. The summed E-state index contributed by atoms with van der Waals surface area (Å²) in [5, 5.41) is 1.88. The van der Waals surface area contributed by atoms with E-state index < -0.39 is 0 Å². The maximum absolute atomic E-state index is 12.5. The normalized spacial score (nSPS) is 18.6. The Labute approximate surface area is 125 Å². The molecule has 0 unspecified atom stereocenters. The van der Waals surface area contributed by atoms with E-state index in [0.717, 1.165) is 28.7 Å². The Bertz CT molecular complexity index is 601. The topological polar surface area (TPSA) is 42.4 Å². The van der Waals surface area contributed by atoms with Gasteiger partial charge in [0.15, 0.2) is 4.34 Å². The van der Waals surface area contributed by atoms with Gasteiger partial charge in [-0.3, -0.25) is 4.79 Å². The number of anilines is 1. The summed E-state index contributed by atoms with van der Waals surface area (Å²) in [4.78, 5) is 18.6. The van der Waals surface area contributed by atoms with Crippen LogP contribution in [-0.2, 0) is 4.79 Å². The molecule has 1 amide bonds. The zero-order valence-corrected chi connectivity index (χ0v) is 12.6. The molecular formula is C14H14N2O2S2. The van der Waals surface area contributed by atoms with Crippen LogP contribution in [0, 0.1) is 0 Å². The fourth-order valence-electron chi connectivity index (χ4n) is 2.25. The van der Waals surface area contributed by atoms with Crippen LogP contribution in [0.4, 0.5) is 5.69 Å². The number of hydrogen-bond acceptors (Lipinski definition) is 5. The molecule has 4 nitrogen and oxygen atoms in total. The fourth-order valence-corrected chi connectivity index (χ4v) is 4.16. The molecule has 2 heterocycles. The van der Waals surface area contributed by atoms with E-state index in [1.165, 1.54) is 0 Å². The van der Waals surface area contributed by atoms with Gasteiger partial charge in [0.1, 0.15) is 5.75 Å². The molecule has 1 aromatic heterocycles. The lowest BCUT2D eigenvalue weighted by atomic mass is 10.2. The molecule has 3 rings (SSSR count). The minimum absolute atomic E-state index is 0.0499. The number of ether oxygens (including phenoxy) is 1. The minimum Gasteiger partial charge on any atom is -0.495 e. The summed E-state index contributed by atoms with van der Waals surface area (Å²) >= 11 is 3.13. The van der Waals surface area contributed by atoms with Gasteiger partial charge in [-0.05, 0) is 18.6 Å². The maximum atomic E-state index is 12.5. The zero-order chi connectivity index (χ0) is 13.9. The molecule has 0 saturated carbocycles. The number of amides is 1. The van der Waals surface area contributed by atoms with Gasteiger partial charge in [-0.1, -0.05) is 23.9 Å². The van der Waals surface area contributed by atoms with Gasteiger partial charge >= 0.3 is 0 Å². The molecule has 1 aromatic carbocycles. The van der Waals surface area contributed by atoms with Gasteiger partial charge < -0.3 is 9.64 Å². The Balaban J connectivity index is 1.78. The van der Waals surface area contributed by atoms with Crippen LogP contribution in [0.25, 0.3) is 0 Å². The number of thioether (sulfide) groups is 1. The predicted octanol–water partition coefficient (Wildman–Crippen LogP) is 3.05. The van der Waals surface area contributed by atoms with E-state index >= 15 is 0 Å². The molecule has 1 aliphatic rings. The first kappa shape index (κ1) is 13.5. The van der Waals surface area contributed by atoms with Crippen molar-refractivity contribution >= 4 is 34.7 Å². The number of hydrogen-bond donors (Lipinski definition) is 0. The second-order valence-corrected chi connectivity index (χ2v) is 6.70. The lowest BCUT2D eigenvalue weighted by Gasteiger charge is -2.19. The number of methoxy groups -OCH3 is 1. The van der Waals surface area contributed by atoms with Crippen molar-refractivity contribution in [3.8, 4) is 5.75 Å². The van der Waals surface area contributed by atoms with Crippen LogP contribution in [0.3, 0.4) is 0 Å². The van der Waals surface area contributed by atoms with E-state index in [1.54, 1.807) is 36.4 Å². The smallest absolute Gasteiger partial charge is 0.240 e. The van der Waals surface area contributed by atoms with Gasteiger partial charge in [0, 0.05) is 18.1 Å². The van der Waals surface area contributed by atoms with Gasteiger partial charge in [0.25, 0.3) is 0 Å². The Morgan fingerprint density at radius 1 is 1.45 bits per heavy atom. The summed E-state index contributed by atoms with van der Waals surface area (Å²) < 4.78 is 6.29. The second kappa shape index (κ2) is 5.85. The largest absolute Gasteiger partial charge is 0.495 e. The highest BCUT2D eigenvalue weighted by Gasteiger charge is 2.34. The molecule has 1 saturated heterocycles. The van der Waals surface area contributed by atoms with E-state index in [0.29, 0.717) is 0 Å². The lowest BCUT2D eigenvalue weighted by molar-refractivity contribution is -0.116.